The summed E-state index contributed by atoms with van der Waals surface area (Å²) >= 11 is 0. The normalized spacial score (nSPS) is 19.2. The second kappa shape index (κ2) is 9.00. The topological polar surface area (TPSA) is 63.1 Å². The lowest BCUT2D eigenvalue weighted by molar-refractivity contribution is -0.148. The van der Waals surface area contributed by atoms with Crippen LogP contribution in [0.3, 0.4) is 0 Å². The van der Waals surface area contributed by atoms with Crippen LogP contribution in [0.5, 0.6) is 0 Å². The molecule has 0 aromatic carbocycles. The molecule has 2 fully saturated rings. The van der Waals surface area contributed by atoms with Gasteiger partial charge in [0.25, 0.3) is 0 Å². The van der Waals surface area contributed by atoms with Gasteiger partial charge in [0.2, 0.25) is 12.2 Å². The highest BCUT2D eigenvalue weighted by molar-refractivity contribution is 5.47. The van der Waals surface area contributed by atoms with E-state index >= 15 is 0 Å². The van der Waals surface area contributed by atoms with E-state index in [1.54, 1.807) is 0 Å². The smallest absolute Gasteiger partial charge is 0.336 e. The number of nitrogens with one attached hydrogen (secondary N) is 1. The van der Waals surface area contributed by atoms with Crippen LogP contribution in [0, 0.1) is 0 Å². The predicted molar refractivity (Wildman–Crippen MR) is 82.1 cm³/mol. The van der Waals surface area contributed by atoms with Gasteiger partial charge < -0.3 is 14.8 Å². The van der Waals surface area contributed by atoms with Gasteiger partial charge in [-0.2, -0.15) is 13.2 Å². The molecule has 1 saturated carbocycles. The second-order valence-electron chi connectivity index (χ2n) is 6.04. The average molecular weight is 347 g/mol. The molecule has 0 unspecified atom stereocenters. The van der Waals surface area contributed by atoms with Crippen LogP contribution in [0.4, 0.5) is 13.2 Å². The molecule has 0 spiro atoms. The molecule has 24 heavy (non-hydrogen) atoms. The number of halogens is 3. The van der Waals surface area contributed by atoms with Gasteiger partial charge in [-0.3, -0.25) is 4.79 Å². The van der Waals surface area contributed by atoms with Crippen molar-refractivity contribution in [2.24, 2.45) is 0 Å². The predicted octanol–water partition coefficient (Wildman–Crippen LogP) is 2.20. The van der Waals surface area contributed by atoms with Gasteiger partial charge in [-0.25, -0.2) is 0 Å². The van der Waals surface area contributed by atoms with Gasteiger partial charge >= 0.3 is 6.18 Å². The van der Waals surface area contributed by atoms with E-state index < -0.39 is 12.0 Å². The Morgan fingerprint density at radius 3 is 2.00 bits per heavy atom. The highest BCUT2D eigenvalue weighted by Gasteiger charge is 2.39. The SMILES string of the molecule is C1CC1.C1CCNCC1.O=CN1CCn2c(nnc2C(F)(F)F)C1. The summed E-state index contributed by atoms with van der Waals surface area (Å²) in [6.07, 6.45) is 4.81. The van der Waals surface area contributed by atoms with E-state index in [0.29, 0.717) is 6.41 Å². The summed E-state index contributed by atoms with van der Waals surface area (Å²) in [5.74, 6) is -0.830. The minimum absolute atomic E-state index is 0.0760. The Balaban J connectivity index is 0.000000188. The van der Waals surface area contributed by atoms with Crippen LogP contribution < -0.4 is 5.32 Å². The summed E-state index contributed by atoms with van der Waals surface area (Å²) in [5, 5.41) is 9.78. The lowest BCUT2D eigenvalue weighted by Gasteiger charge is -2.24. The molecule has 4 rings (SSSR count). The van der Waals surface area contributed by atoms with Crippen molar-refractivity contribution in [1.29, 1.82) is 0 Å². The molecule has 1 aromatic rings. The quantitative estimate of drug-likeness (QED) is 0.791. The lowest BCUT2D eigenvalue weighted by Crippen LogP contribution is -2.34. The van der Waals surface area contributed by atoms with E-state index in [0.717, 1.165) is 4.57 Å². The third-order valence-corrected chi connectivity index (χ3v) is 3.75. The Morgan fingerprint density at radius 1 is 0.958 bits per heavy atom. The summed E-state index contributed by atoms with van der Waals surface area (Å²) in [6, 6.07) is 0. The zero-order valence-corrected chi connectivity index (χ0v) is 13.7. The molecule has 136 valence electrons. The molecule has 3 heterocycles. The van der Waals surface area contributed by atoms with Crippen molar-refractivity contribution in [2.45, 2.75) is 57.8 Å². The molecule has 1 N–H and O–H groups in total. The Hall–Kier alpha value is -1.64. The van der Waals surface area contributed by atoms with Crippen LogP contribution in [0.2, 0.25) is 0 Å². The van der Waals surface area contributed by atoms with Gasteiger partial charge in [0.15, 0.2) is 5.82 Å². The first kappa shape index (κ1) is 18.7. The standard InChI is InChI=1S/C7H7F3N4O.C5H11N.C3H6/c8-7(9,10)6-12-11-5-3-13(4-15)1-2-14(5)6;1-2-4-6-5-3-1;1-2-3-1/h4H,1-3H2;6H,1-5H2;1-3H2. The van der Waals surface area contributed by atoms with Crippen molar-refractivity contribution in [3.63, 3.8) is 0 Å². The summed E-state index contributed by atoms with van der Waals surface area (Å²) < 4.78 is 38.1. The first-order valence-corrected chi connectivity index (χ1v) is 8.41. The molecule has 0 bridgehead atoms. The molecule has 6 nitrogen and oxygen atoms in total. The zero-order chi connectivity index (χ0) is 17.4. The van der Waals surface area contributed by atoms with E-state index in [4.69, 9.17) is 0 Å². The molecular formula is C15H24F3N5O. The summed E-state index contributed by atoms with van der Waals surface area (Å²) in [6.45, 7) is 2.90. The van der Waals surface area contributed by atoms with E-state index in [2.05, 4.69) is 15.5 Å². The number of fused-ring (bicyclic) bond motifs is 1. The number of aromatic nitrogens is 3. The third-order valence-electron chi connectivity index (χ3n) is 3.75. The largest absolute Gasteiger partial charge is 0.451 e. The first-order chi connectivity index (χ1) is 11.5. The number of hydrogen-bond donors (Lipinski definition) is 1. The number of alkyl halides is 3. The van der Waals surface area contributed by atoms with Gasteiger partial charge in [0.1, 0.15) is 0 Å². The number of hydrogen-bond acceptors (Lipinski definition) is 4. The molecule has 9 heteroatoms. The number of carbonyl (C=O) groups is 1. The van der Waals surface area contributed by atoms with Crippen molar-refractivity contribution < 1.29 is 18.0 Å². The highest BCUT2D eigenvalue weighted by atomic mass is 19.4. The molecule has 1 aliphatic carbocycles. The maximum atomic E-state index is 12.4. The van der Waals surface area contributed by atoms with Crippen LogP contribution in [-0.2, 0) is 24.1 Å². The summed E-state index contributed by atoms with van der Waals surface area (Å²) in [4.78, 5) is 11.8. The number of piperidine rings is 1. The minimum Gasteiger partial charge on any atom is -0.336 e. The van der Waals surface area contributed by atoms with Gasteiger partial charge in [0.05, 0.1) is 6.54 Å². The van der Waals surface area contributed by atoms with Crippen LogP contribution in [0.25, 0.3) is 0 Å². The second-order valence-corrected chi connectivity index (χ2v) is 6.04. The Kier molecular flexibility index (Phi) is 7.01. The fraction of sp³-hybridized carbons (Fsp3) is 0.800. The first-order valence-electron chi connectivity index (χ1n) is 8.41. The number of amides is 1. The summed E-state index contributed by atoms with van der Waals surface area (Å²) in [5.41, 5.74) is 0. The fourth-order valence-electron chi connectivity index (χ4n) is 2.28. The Labute approximate surface area is 139 Å². The van der Waals surface area contributed by atoms with Gasteiger partial charge in [-0.15, -0.1) is 10.2 Å². The van der Waals surface area contributed by atoms with Crippen molar-refractivity contribution in [3.05, 3.63) is 11.6 Å². The van der Waals surface area contributed by atoms with Crippen LogP contribution in [-0.4, -0.2) is 45.7 Å². The zero-order valence-electron chi connectivity index (χ0n) is 13.7. The van der Waals surface area contributed by atoms with Crippen LogP contribution >= 0.6 is 0 Å². The number of rotatable bonds is 1. The van der Waals surface area contributed by atoms with Crippen molar-refractivity contribution in [3.8, 4) is 0 Å². The molecule has 1 amide bonds. The van der Waals surface area contributed by atoms with Gasteiger partial charge in [0, 0.05) is 13.1 Å². The molecule has 2 aliphatic heterocycles. The molecule has 0 atom stereocenters. The van der Waals surface area contributed by atoms with Gasteiger partial charge in [-0.1, -0.05) is 25.7 Å². The van der Waals surface area contributed by atoms with E-state index in [-0.39, 0.29) is 25.5 Å². The minimum atomic E-state index is -4.49. The molecule has 3 aliphatic rings. The molecule has 0 radical (unpaired) electrons. The Morgan fingerprint density at radius 2 is 1.58 bits per heavy atom. The van der Waals surface area contributed by atoms with Crippen LogP contribution in [0.1, 0.15) is 50.2 Å². The molecule has 1 aromatic heterocycles. The van der Waals surface area contributed by atoms with Crippen LogP contribution in [0.15, 0.2) is 0 Å². The average Bonchev–Trinajstić information content (AvgIpc) is 3.41. The third kappa shape index (κ3) is 6.10. The van der Waals surface area contributed by atoms with E-state index in [9.17, 15) is 18.0 Å². The molecular weight excluding hydrogens is 323 g/mol. The monoisotopic (exact) mass is 347 g/mol. The van der Waals surface area contributed by atoms with Gasteiger partial charge in [-0.05, 0) is 25.9 Å². The van der Waals surface area contributed by atoms with Crippen molar-refractivity contribution >= 4 is 6.41 Å². The number of nitrogens with zero attached hydrogens (tertiary/aromatic N) is 4. The Bertz CT molecular complexity index is 497. The summed E-state index contributed by atoms with van der Waals surface area (Å²) in [7, 11) is 0. The van der Waals surface area contributed by atoms with E-state index in [1.807, 2.05) is 0 Å². The highest BCUT2D eigenvalue weighted by Crippen LogP contribution is 2.29. The number of carbonyl (C=O) groups excluding carboxylic acids is 1. The maximum Gasteiger partial charge on any atom is 0.451 e. The van der Waals surface area contributed by atoms with Crippen molar-refractivity contribution in [1.82, 2.24) is 25.0 Å². The maximum absolute atomic E-state index is 12.4. The fourth-order valence-corrected chi connectivity index (χ4v) is 2.28. The van der Waals surface area contributed by atoms with E-state index in [1.165, 1.54) is 56.5 Å². The van der Waals surface area contributed by atoms with Crippen molar-refractivity contribution in [2.75, 3.05) is 19.6 Å². The lowest BCUT2D eigenvalue weighted by atomic mass is 10.2. The molecule has 1 saturated heterocycles.